The Morgan fingerprint density at radius 3 is 2.86 bits per heavy atom. The van der Waals surface area contributed by atoms with Gasteiger partial charge in [0.15, 0.2) is 11.5 Å². The molecule has 1 amide bonds. The molecule has 2 N–H and O–H groups in total. The topological polar surface area (TPSA) is 70.2 Å². The van der Waals surface area contributed by atoms with Gasteiger partial charge in [0.1, 0.15) is 0 Å². The molecule has 114 valence electrons. The molecule has 0 radical (unpaired) electrons. The van der Waals surface area contributed by atoms with Crippen LogP contribution in [0.5, 0.6) is 0 Å². The standard InChI is InChI=1S/C15H23N5O/c1-4-17-14(21)12-5-6-13(19-18-12)20-9-10-7-16-8-11(10)15(20,2)3/h5-6,10-11,16H,4,7-9H2,1-3H3,(H,17,21). The molecule has 3 rings (SSSR count). The monoisotopic (exact) mass is 289 g/mol. The van der Waals surface area contributed by atoms with Gasteiger partial charge < -0.3 is 15.5 Å². The predicted molar refractivity (Wildman–Crippen MR) is 81.3 cm³/mol. The van der Waals surface area contributed by atoms with Crippen molar-refractivity contribution in [2.45, 2.75) is 26.3 Å². The van der Waals surface area contributed by atoms with Gasteiger partial charge in [0, 0.05) is 31.7 Å². The summed E-state index contributed by atoms with van der Waals surface area (Å²) < 4.78 is 0. The SMILES string of the molecule is CCNC(=O)c1ccc(N2CC3CNCC3C2(C)C)nn1. The van der Waals surface area contributed by atoms with Crippen LogP contribution >= 0.6 is 0 Å². The molecular formula is C15H23N5O. The number of carbonyl (C=O) groups is 1. The van der Waals surface area contributed by atoms with Crippen molar-refractivity contribution in [2.75, 3.05) is 31.1 Å². The summed E-state index contributed by atoms with van der Waals surface area (Å²) in [6.45, 7) is 10.2. The third-order valence-electron chi connectivity index (χ3n) is 4.86. The van der Waals surface area contributed by atoms with Crippen molar-refractivity contribution in [3.8, 4) is 0 Å². The lowest BCUT2D eigenvalue weighted by Gasteiger charge is -2.36. The van der Waals surface area contributed by atoms with Crippen molar-refractivity contribution in [1.29, 1.82) is 0 Å². The average Bonchev–Trinajstić information content (AvgIpc) is 3.02. The number of rotatable bonds is 3. The van der Waals surface area contributed by atoms with Crippen LogP contribution in [0, 0.1) is 11.8 Å². The fraction of sp³-hybridized carbons (Fsp3) is 0.667. The van der Waals surface area contributed by atoms with Crippen molar-refractivity contribution in [3.63, 3.8) is 0 Å². The highest BCUT2D eigenvalue weighted by molar-refractivity contribution is 5.92. The van der Waals surface area contributed by atoms with Crippen molar-refractivity contribution in [3.05, 3.63) is 17.8 Å². The number of nitrogens with zero attached hydrogens (tertiary/aromatic N) is 3. The first-order valence-corrected chi connectivity index (χ1v) is 7.64. The van der Waals surface area contributed by atoms with Gasteiger partial charge in [0.25, 0.3) is 5.91 Å². The molecule has 2 unspecified atom stereocenters. The molecule has 0 saturated carbocycles. The molecule has 2 atom stereocenters. The Hall–Kier alpha value is -1.69. The van der Waals surface area contributed by atoms with Gasteiger partial charge >= 0.3 is 0 Å². The van der Waals surface area contributed by atoms with Crippen LogP contribution in [-0.2, 0) is 0 Å². The number of hydrogen-bond acceptors (Lipinski definition) is 5. The lowest BCUT2D eigenvalue weighted by molar-refractivity contribution is 0.0950. The zero-order chi connectivity index (χ0) is 15.0. The molecule has 0 aromatic carbocycles. The highest BCUT2D eigenvalue weighted by Crippen LogP contribution is 2.42. The summed E-state index contributed by atoms with van der Waals surface area (Å²) in [5, 5.41) is 14.6. The summed E-state index contributed by atoms with van der Waals surface area (Å²) in [4.78, 5) is 14.1. The van der Waals surface area contributed by atoms with Crippen LogP contribution < -0.4 is 15.5 Å². The van der Waals surface area contributed by atoms with Crippen molar-refractivity contribution in [1.82, 2.24) is 20.8 Å². The van der Waals surface area contributed by atoms with Crippen LogP contribution in [-0.4, -0.2) is 47.8 Å². The van der Waals surface area contributed by atoms with E-state index in [0.717, 1.165) is 25.5 Å². The van der Waals surface area contributed by atoms with Crippen molar-refractivity contribution in [2.24, 2.45) is 11.8 Å². The van der Waals surface area contributed by atoms with Gasteiger partial charge in [-0.15, -0.1) is 10.2 Å². The maximum absolute atomic E-state index is 11.7. The smallest absolute Gasteiger partial charge is 0.271 e. The predicted octanol–water partition coefficient (Wildman–Crippen LogP) is 0.661. The van der Waals surface area contributed by atoms with E-state index in [0.29, 0.717) is 24.1 Å². The van der Waals surface area contributed by atoms with Gasteiger partial charge in [0.2, 0.25) is 0 Å². The number of nitrogens with one attached hydrogen (secondary N) is 2. The first-order valence-electron chi connectivity index (χ1n) is 7.64. The summed E-state index contributed by atoms with van der Waals surface area (Å²) >= 11 is 0. The molecule has 2 saturated heterocycles. The molecule has 1 aromatic rings. The fourth-order valence-corrected chi connectivity index (χ4v) is 3.65. The molecular weight excluding hydrogens is 266 g/mol. The Bertz CT molecular complexity index is 527. The summed E-state index contributed by atoms with van der Waals surface area (Å²) in [6, 6.07) is 3.67. The van der Waals surface area contributed by atoms with Crippen molar-refractivity contribution >= 4 is 11.7 Å². The van der Waals surface area contributed by atoms with E-state index in [-0.39, 0.29) is 11.4 Å². The van der Waals surface area contributed by atoms with Crippen LogP contribution in [0.2, 0.25) is 0 Å². The van der Waals surface area contributed by atoms with Crippen molar-refractivity contribution < 1.29 is 4.79 Å². The van der Waals surface area contributed by atoms with Crippen LogP contribution in [0.3, 0.4) is 0 Å². The molecule has 2 aliphatic rings. The number of carbonyl (C=O) groups excluding carboxylic acids is 1. The van der Waals surface area contributed by atoms with Gasteiger partial charge in [-0.05, 0) is 44.7 Å². The number of hydrogen-bond donors (Lipinski definition) is 2. The van der Waals surface area contributed by atoms with E-state index in [9.17, 15) is 4.79 Å². The Balaban J connectivity index is 1.80. The van der Waals surface area contributed by atoms with E-state index < -0.39 is 0 Å². The molecule has 0 aliphatic carbocycles. The quantitative estimate of drug-likeness (QED) is 0.855. The highest BCUT2D eigenvalue weighted by Gasteiger charge is 2.50. The molecule has 6 heteroatoms. The number of anilines is 1. The zero-order valence-electron chi connectivity index (χ0n) is 12.9. The second-order valence-electron chi connectivity index (χ2n) is 6.43. The van der Waals surface area contributed by atoms with Gasteiger partial charge in [0.05, 0.1) is 0 Å². The van der Waals surface area contributed by atoms with Gasteiger partial charge in [-0.3, -0.25) is 4.79 Å². The molecule has 1 aromatic heterocycles. The maximum Gasteiger partial charge on any atom is 0.271 e. The minimum absolute atomic E-state index is 0.0655. The summed E-state index contributed by atoms with van der Waals surface area (Å²) in [7, 11) is 0. The lowest BCUT2D eigenvalue weighted by atomic mass is 9.85. The summed E-state index contributed by atoms with van der Waals surface area (Å²) in [5.74, 6) is 2.01. The molecule has 3 heterocycles. The molecule has 0 bridgehead atoms. The first kappa shape index (κ1) is 14.3. The second kappa shape index (κ2) is 5.26. The van der Waals surface area contributed by atoms with Crippen LogP contribution in [0.25, 0.3) is 0 Å². The van der Waals surface area contributed by atoms with Crippen LogP contribution in [0.1, 0.15) is 31.3 Å². The largest absolute Gasteiger partial charge is 0.351 e. The van der Waals surface area contributed by atoms with Crippen LogP contribution in [0.15, 0.2) is 12.1 Å². The van der Waals surface area contributed by atoms with E-state index in [1.54, 1.807) is 6.07 Å². The lowest BCUT2D eigenvalue weighted by Crippen LogP contribution is -2.45. The Labute approximate surface area is 125 Å². The second-order valence-corrected chi connectivity index (χ2v) is 6.43. The van der Waals surface area contributed by atoms with E-state index >= 15 is 0 Å². The number of fused-ring (bicyclic) bond motifs is 1. The van der Waals surface area contributed by atoms with E-state index in [4.69, 9.17) is 0 Å². The van der Waals surface area contributed by atoms with Gasteiger partial charge in [-0.1, -0.05) is 0 Å². The maximum atomic E-state index is 11.7. The number of amides is 1. The molecule has 2 fully saturated rings. The average molecular weight is 289 g/mol. The third kappa shape index (κ3) is 2.37. The molecule has 2 aliphatic heterocycles. The Kier molecular flexibility index (Phi) is 3.57. The zero-order valence-corrected chi connectivity index (χ0v) is 12.9. The fourth-order valence-electron chi connectivity index (χ4n) is 3.65. The molecule has 0 spiro atoms. The Morgan fingerprint density at radius 1 is 1.43 bits per heavy atom. The number of aromatic nitrogens is 2. The molecule has 6 nitrogen and oxygen atoms in total. The molecule has 21 heavy (non-hydrogen) atoms. The minimum Gasteiger partial charge on any atom is -0.351 e. The summed E-state index contributed by atoms with van der Waals surface area (Å²) in [5.41, 5.74) is 0.440. The van der Waals surface area contributed by atoms with Crippen LogP contribution in [0.4, 0.5) is 5.82 Å². The van der Waals surface area contributed by atoms with E-state index in [1.807, 2.05) is 13.0 Å². The summed E-state index contributed by atoms with van der Waals surface area (Å²) in [6.07, 6.45) is 0. The van der Waals surface area contributed by atoms with E-state index in [1.165, 1.54) is 0 Å². The third-order valence-corrected chi connectivity index (χ3v) is 4.86. The Morgan fingerprint density at radius 2 is 2.24 bits per heavy atom. The normalized spacial score (nSPS) is 26.7. The first-order chi connectivity index (χ1) is 10.0. The van der Waals surface area contributed by atoms with Gasteiger partial charge in [-0.25, -0.2) is 0 Å². The minimum atomic E-state index is -0.168. The van der Waals surface area contributed by atoms with Gasteiger partial charge in [-0.2, -0.15) is 0 Å². The van der Waals surface area contributed by atoms with E-state index in [2.05, 4.69) is 39.6 Å². The highest BCUT2D eigenvalue weighted by atomic mass is 16.1.